The van der Waals surface area contributed by atoms with Crippen molar-refractivity contribution in [3.8, 4) is 5.88 Å². The molecule has 0 aliphatic carbocycles. The van der Waals surface area contributed by atoms with Crippen molar-refractivity contribution in [2.24, 2.45) is 19.1 Å². The van der Waals surface area contributed by atoms with Gasteiger partial charge >= 0.3 is 11.4 Å². The fraction of sp³-hybridized carbons (Fsp3) is 0.308. The lowest BCUT2D eigenvalue weighted by molar-refractivity contribution is 0.399. The van der Waals surface area contributed by atoms with Gasteiger partial charge < -0.3 is 10.0 Å². The van der Waals surface area contributed by atoms with Gasteiger partial charge in [0.2, 0.25) is 5.88 Å². The van der Waals surface area contributed by atoms with Crippen LogP contribution >= 0.6 is 0 Å². The van der Waals surface area contributed by atoms with E-state index in [1.165, 1.54) is 10.8 Å². The molecule has 0 unspecified atom stereocenters. The maximum absolute atomic E-state index is 12.6. The van der Waals surface area contributed by atoms with Crippen molar-refractivity contribution in [3.05, 3.63) is 84.9 Å². The number of rotatable bonds is 8. The molecule has 188 valence electrons. The van der Waals surface area contributed by atoms with E-state index in [1.54, 1.807) is 24.7 Å². The quantitative estimate of drug-likeness (QED) is 0.368. The molecule has 4 aromatic rings. The van der Waals surface area contributed by atoms with Crippen LogP contribution in [0.25, 0.3) is 11.0 Å². The van der Waals surface area contributed by atoms with Gasteiger partial charge in [-0.2, -0.15) is 0 Å². The van der Waals surface area contributed by atoms with Crippen LogP contribution in [0.5, 0.6) is 5.88 Å². The fourth-order valence-corrected chi connectivity index (χ4v) is 4.36. The van der Waals surface area contributed by atoms with E-state index in [-0.39, 0.29) is 17.8 Å². The number of hydrogen-bond acceptors (Lipinski definition) is 6. The fourth-order valence-electron chi connectivity index (χ4n) is 4.36. The minimum atomic E-state index is -0.727. The minimum absolute atomic E-state index is 0.116. The Morgan fingerprint density at radius 3 is 2.28 bits per heavy atom. The number of aromatic hydroxyl groups is 1. The number of imidazole rings is 1. The number of benzene rings is 2. The predicted molar refractivity (Wildman–Crippen MR) is 142 cm³/mol. The average molecular weight is 491 g/mol. The number of aliphatic imine (C=N–C) groups is 1. The summed E-state index contributed by atoms with van der Waals surface area (Å²) < 4.78 is 4.24. The Morgan fingerprint density at radius 1 is 1.00 bits per heavy atom. The van der Waals surface area contributed by atoms with Crippen LogP contribution in [0.1, 0.15) is 25.0 Å². The van der Waals surface area contributed by atoms with Crippen molar-refractivity contribution in [1.29, 1.82) is 0 Å². The number of nitrogens with one attached hydrogen (secondary N) is 1. The number of anilines is 1. The number of aromatic nitrogens is 4. The van der Waals surface area contributed by atoms with Gasteiger partial charge in [-0.25, -0.2) is 9.59 Å². The summed E-state index contributed by atoms with van der Waals surface area (Å²) in [5.41, 5.74) is 2.09. The molecule has 4 rings (SSSR count). The van der Waals surface area contributed by atoms with Gasteiger partial charge in [0.15, 0.2) is 0 Å². The maximum atomic E-state index is 12.6. The number of aryl methyl sites for hydroxylation is 3. The van der Waals surface area contributed by atoms with Gasteiger partial charge in [-0.1, -0.05) is 30.3 Å². The average Bonchev–Trinajstić information content (AvgIpc) is 3.08. The second-order valence-corrected chi connectivity index (χ2v) is 8.54. The highest BCUT2D eigenvalue weighted by molar-refractivity contribution is 5.91. The third kappa shape index (κ3) is 4.49. The molecule has 0 spiro atoms. The molecular weight excluding hydrogens is 460 g/mol. The zero-order chi connectivity index (χ0) is 26.0. The number of nitrogens with zero attached hydrogens (tertiary/aromatic N) is 5. The van der Waals surface area contributed by atoms with Gasteiger partial charge in [-0.15, -0.1) is 0 Å². The molecule has 0 bridgehead atoms. The van der Waals surface area contributed by atoms with Crippen molar-refractivity contribution in [3.63, 3.8) is 0 Å². The summed E-state index contributed by atoms with van der Waals surface area (Å²) in [6.45, 7) is 5.65. The number of fused-ring (bicyclic) bond motifs is 1. The molecule has 0 atom stereocenters. The molecule has 36 heavy (non-hydrogen) atoms. The molecule has 2 heterocycles. The van der Waals surface area contributed by atoms with Gasteiger partial charge in [0.05, 0.1) is 22.4 Å². The van der Waals surface area contributed by atoms with Crippen molar-refractivity contribution in [1.82, 2.24) is 18.7 Å². The zero-order valence-electron chi connectivity index (χ0n) is 20.9. The van der Waals surface area contributed by atoms with Crippen LogP contribution in [0.15, 0.2) is 61.8 Å². The lowest BCUT2D eigenvalue weighted by atomic mass is 10.1. The summed E-state index contributed by atoms with van der Waals surface area (Å²) in [5, 5.41) is 10.8. The Bertz CT molecular complexity index is 1600. The molecule has 10 heteroatoms. The summed E-state index contributed by atoms with van der Waals surface area (Å²) in [5.74, 6) is -0.444. The highest BCUT2D eigenvalue weighted by Crippen LogP contribution is 2.33. The second-order valence-electron chi connectivity index (χ2n) is 8.54. The smallest absolute Gasteiger partial charge is 0.331 e. The van der Waals surface area contributed by atoms with Crippen LogP contribution in [0.2, 0.25) is 0 Å². The van der Waals surface area contributed by atoms with E-state index in [9.17, 15) is 19.5 Å². The van der Waals surface area contributed by atoms with Gasteiger partial charge in [-0.3, -0.25) is 28.5 Å². The highest BCUT2D eigenvalue weighted by Gasteiger charge is 2.17. The third-order valence-corrected chi connectivity index (χ3v) is 6.48. The highest BCUT2D eigenvalue weighted by atomic mass is 16.3. The number of H-pyrrole nitrogens is 1. The van der Waals surface area contributed by atoms with Crippen LogP contribution in [0.4, 0.5) is 11.4 Å². The first-order chi connectivity index (χ1) is 17.3. The normalized spacial score (nSPS) is 11.6. The summed E-state index contributed by atoms with van der Waals surface area (Å²) in [6.07, 6.45) is 1.77. The molecule has 0 radical (unpaired) electrons. The predicted octanol–water partition coefficient (Wildman–Crippen LogP) is 2.27. The summed E-state index contributed by atoms with van der Waals surface area (Å²) >= 11 is 0. The van der Waals surface area contributed by atoms with Crippen LogP contribution in [-0.4, -0.2) is 43.1 Å². The monoisotopic (exact) mass is 490 g/mol. The van der Waals surface area contributed by atoms with Crippen molar-refractivity contribution < 1.29 is 5.11 Å². The first kappa shape index (κ1) is 24.8. The van der Waals surface area contributed by atoms with Crippen molar-refractivity contribution in [2.45, 2.75) is 26.8 Å². The van der Waals surface area contributed by atoms with E-state index in [0.29, 0.717) is 30.7 Å². The van der Waals surface area contributed by atoms with Crippen LogP contribution in [0, 0.1) is 0 Å². The Labute approximate surface area is 207 Å². The lowest BCUT2D eigenvalue weighted by Gasteiger charge is -2.23. The summed E-state index contributed by atoms with van der Waals surface area (Å²) in [7, 11) is 3.41. The van der Waals surface area contributed by atoms with Crippen LogP contribution in [0.3, 0.4) is 0 Å². The van der Waals surface area contributed by atoms with E-state index in [0.717, 1.165) is 21.3 Å². The molecule has 2 aromatic carbocycles. The molecule has 0 saturated heterocycles. The molecule has 2 aromatic heterocycles. The SMILES string of the molecule is CCN(CC)c1cc2c(cc1N=Cc1c(O)n(CCc3ccccc3)c(=O)[nH]c1=O)n(C)c(=O)n2C. The van der Waals surface area contributed by atoms with Gasteiger partial charge in [0, 0.05) is 39.9 Å². The van der Waals surface area contributed by atoms with Crippen LogP contribution < -0.4 is 21.8 Å². The maximum Gasteiger partial charge on any atom is 0.331 e. The van der Waals surface area contributed by atoms with Gasteiger partial charge in [-0.05, 0) is 38.0 Å². The number of aromatic amines is 1. The molecule has 0 aliphatic rings. The molecule has 0 aliphatic heterocycles. The van der Waals surface area contributed by atoms with E-state index < -0.39 is 17.1 Å². The Hall–Kier alpha value is -4.34. The molecule has 0 fully saturated rings. The van der Waals surface area contributed by atoms with Crippen molar-refractivity contribution >= 4 is 28.6 Å². The lowest BCUT2D eigenvalue weighted by Crippen LogP contribution is -2.32. The van der Waals surface area contributed by atoms with Crippen molar-refractivity contribution in [2.75, 3.05) is 18.0 Å². The molecule has 0 saturated carbocycles. The Balaban J connectivity index is 1.80. The Kier molecular flexibility index (Phi) is 6.96. The Morgan fingerprint density at radius 2 is 1.64 bits per heavy atom. The van der Waals surface area contributed by atoms with E-state index in [1.807, 2.05) is 50.2 Å². The van der Waals surface area contributed by atoms with E-state index in [4.69, 9.17) is 0 Å². The second kappa shape index (κ2) is 10.1. The van der Waals surface area contributed by atoms with E-state index >= 15 is 0 Å². The van der Waals surface area contributed by atoms with E-state index in [2.05, 4.69) is 14.9 Å². The third-order valence-electron chi connectivity index (χ3n) is 6.48. The minimum Gasteiger partial charge on any atom is -0.494 e. The summed E-state index contributed by atoms with van der Waals surface area (Å²) in [6, 6.07) is 13.2. The standard InChI is InChI=1S/C26H30N6O4/c1-5-31(6-2)20-15-22-21(29(3)26(36)30(22)4)14-19(20)27-16-18-23(33)28-25(35)32(24(18)34)13-12-17-10-8-7-9-11-17/h7-11,14-16,34H,5-6,12-13H2,1-4H3,(H,28,33,35). The largest absolute Gasteiger partial charge is 0.494 e. The molecule has 0 amide bonds. The molecule has 10 nitrogen and oxygen atoms in total. The van der Waals surface area contributed by atoms with Gasteiger partial charge in [0.1, 0.15) is 5.56 Å². The first-order valence-corrected chi connectivity index (χ1v) is 11.8. The van der Waals surface area contributed by atoms with Gasteiger partial charge in [0.25, 0.3) is 5.56 Å². The van der Waals surface area contributed by atoms with Crippen LogP contribution in [-0.2, 0) is 27.1 Å². The summed E-state index contributed by atoms with van der Waals surface area (Å²) in [4.78, 5) is 46.4. The molecular formula is C26H30N6O4. The zero-order valence-corrected chi connectivity index (χ0v) is 20.9. The molecule has 2 N–H and O–H groups in total. The topological polar surface area (TPSA) is 118 Å². The number of hydrogen-bond donors (Lipinski definition) is 2. The first-order valence-electron chi connectivity index (χ1n) is 11.8.